The molecule has 0 unspecified atom stereocenters. The molecule has 1 N–H and O–H groups in total. The maximum absolute atomic E-state index is 11.9. The van der Waals surface area contributed by atoms with Crippen LogP contribution in [-0.2, 0) is 11.2 Å². The molecule has 0 saturated heterocycles. The molecule has 0 heterocycles. The Bertz CT molecular complexity index is 458. The zero-order valence-corrected chi connectivity index (χ0v) is 12.2. The molecule has 1 atom stereocenters. The molecular formula is C13H14Cl3NO. The van der Waals surface area contributed by atoms with Crippen molar-refractivity contribution in [3.63, 3.8) is 0 Å². The van der Waals surface area contributed by atoms with E-state index in [-0.39, 0.29) is 5.91 Å². The van der Waals surface area contributed by atoms with E-state index in [1.807, 2.05) is 24.3 Å². The fourth-order valence-electron chi connectivity index (χ4n) is 1.81. The number of amides is 1. The highest BCUT2D eigenvalue weighted by Gasteiger charge is 2.67. The van der Waals surface area contributed by atoms with Crippen LogP contribution in [0.4, 0.5) is 0 Å². The van der Waals surface area contributed by atoms with Crippen molar-refractivity contribution in [3.8, 4) is 0 Å². The topological polar surface area (TPSA) is 29.1 Å². The Morgan fingerprint density at radius 2 is 1.89 bits per heavy atom. The quantitative estimate of drug-likeness (QED) is 0.846. The van der Waals surface area contributed by atoms with Gasteiger partial charge in [-0.25, -0.2) is 0 Å². The summed E-state index contributed by atoms with van der Waals surface area (Å²) in [7, 11) is 0. The lowest BCUT2D eigenvalue weighted by molar-refractivity contribution is -0.125. The van der Waals surface area contributed by atoms with E-state index >= 15 is 0 Å². The largest absolute Gasteiger partial charge is 0.355 e. The van der Waals surface area contributed by atoms with Gasteiger partial charge in [-0.15, -0.1) is 23.2 Å². The minimum Gasteiger partial charge on any atom is -0.355 e. The van der Waals surface area contributed by atoms with E-state index < -0.39 is 9.75 Å². The Morgan fingerprint density at radius 3 is 2.39 bits per heavy atom. The van der Waals surface area contributed by atoms with Crippen LogP contribution < -0.4 is 5.32 Å². The molecule has 2 nitrogen and oxygen atoms in total. The summed E-state index contributed by atoms with van der Waals surface area (Å²) in [6, 6.07) is 7.56. The third kappa shape index (κ3) is 2.76. The molecule has 98 valence electrons. The van der Waals surface area contributed by atoms with Crippen molar-refractivity contribution in [3.05, 3.63) is 34.9 Å². The third-order valence-electron chi connectivity index (χ3n) is 3.37. The molecule has 1 aliphatic rings. The molecule has 0 spiro atoms. The second-order valence-electron chi connectivity index (χ2n) is 4.85. The number of nitrogens with one attached hydrogen (secondary N) is 1. The smallest absolute Gasteiger partial charge is 0.229 e. The predicted octanol–water partition coefficient (Wildman–Crippen LogP) is 3.58. The van der Waals surface area contributed by atoms with Gasteiger partial charge >= 0.3 is 0 Å². The molecule has 1 aliphatic carbocycles. The Balaban J connectivity index is 1.80. The first kappa shape index (κ1) is 14.0. The average molecular weight is 307 g/mol. The number of carbonyl (C=O) groups is 1. The van der Waals surface area contributed by atoms with Crippen LogP contribution in [0.25, 0.3) is 0 Å². The first-order valence-electron chi connectivity index (χ1n) is 5.76. The first-order chi connectivity index (χ1) is 8.35. The Kier molecular flexibility index (Phi) is 3.82. The van der Waals surface area contributed by atoms with Crippen LogP contribution in [0.1, 0.15) is 18.9 Å². The van der Waals surface area contributed by atoms with Gasteiger partial charge in [0, 0.05) is 11.6 Å². The van der Waals surface area contributed by atoms with Crippen LogP contribution >= 0.6 is 34.8 Å². The van der Waals surface area contributed by atoms with Crippen molar-refractivity contribution in [1.29, 1.82) is 0 Å². The van der Waals surface area contributed by atoms with Crippen LogP contribution in [0.3, 0.4) is 0 Å². The van der Waals surface area contributed by atoms with Gasteiger partial charge < -0.3 is 5.32 Å². The molecule has 0 radical (unpaired) electrons. The van der Waals surface area contributed by atoms with Gasteiger partial charge in [-0.3, -0.25) is 4.79 Å². The van der Waals surface area contributed by atoms with E-state index in [0.29, 0.717) is 18.0 Å². The van der Waals surface area contributed by atoms with Crippen molar-refractivity contribution in [2.75, 3.05) is 6.54 Å². The van der Waals surface area contributed by atoms with Gasteiger partial charge in [0.1, 0.15) is 4.33 Å². The van der Waals surface area contributed by atoms with Gasteiger partial charge in [0.05, 0.1) is 5.41 Å². The first-order valence-corrected chi connectivity index (χ1v) is 6.89. The van der Waals surface area contributed by atoms with Crippen LogP contribution in [0.5, 0.6) is 0 Å². The summed E-state index contributed by atoms with van der Waals surface area (Å²) in [6.07, 6.45) is 1.27. The van der Waals surface area contributed by atoms with E-state index in [0.717, 1.165) is 12.0 Å². The second-order valence-corrected chi connectivity index (χ2v) is 6.77. The lowest BCUT2D eigenvalue weighted by atomic mass is 10.1. The van der Waals surface area contributed by atoms with E-state index in [2.05, 4.69) is 5.32 Å². The van der Waals surface area contributed by atoms with Crippen LogP contribution in [-0.4, -0.2) is 16.8 Å². The molecule has 1 aromatic carbocycles. The fraction of sp³-hybridized carbons (Fsp3) is 0.462. The van der Waals surface area contributed by atoms with Gasteiger partial charge in [-0.05, 0) is 37.5 Å². The summed E-state index contributed by atoms with van der Waals surface area (Å²) < 4.78 is -0.905. The SMILES string of the molecule is C[C@]1(C(=O)NCCc2ccc(Cl)cc2)CC1(Cl)Cl. The normalized spacial score (nSPS) is 24.7. The summed E-state index contributed by atoms with van der Waals surface area (Å²) in [6.45, 7) is 2.35. The highest BCUT2D eigenvalue weighted by atomic mass is 35.5. The van der Waals surface area contributed by atoms with Crippen molar-refractivity contribution in [1.82, 2.24) is 5.32 Å². The molecule has 18 heavy (non-hydrogen) atoms. The summed E-state index contributed by atoms with van der Waals surface area (Å²) >= 11 is 17.7. The Morgan fingerprint density at radius 1 is 1.33 bits per heavy atom. The second kappa shape index (κ2) is 4.92. The molecule has 1 saturated carbocycles. The maximum atomic E-state index is 11.9. The van der Waals surface area contributed by atoms with E-state index in [4.69, 9.17) is 34.8 Å². The monoisotopic (exact) mass is 305 g/mol. The van der Waals surface area contributed by atoms with Gasteiger partial charge in [0.25, 0.3) is 0 Å². The van der Waals surface area contributed by atoms with Crippen molar-refractivity contribution in [2.24, 2.45) is 5.41 Å². The average Bonchev–Trinajstić information content (AvgIpc) is 2.82. The van der Waals surface area contributed by atoms with Crippen molar-refractivity contribution < 1.29 is 4.79 Å². The van der Waals surface area contributed by atoms with Crippen molar-refractivity contribution in [2.45, 2.75) is 24.1 Å². The zero-order valence-electron chi connectivity index (χ0n) is 9.97. The highest BCUT2D eigenvalue weighted by Crippen LogP contribution is 2.63. The van der Waals surface area contributed by atoms with Crippen LogP contribution in [0.15, 0.2) is 24.3 Å². The standard InChI is InChI=1S/C13H14Cl3NO/c1-12(8-13(12,15)16)11(18)17-7-6-9-2-4-10(14)5-3-9/h2-5H,6-8H2,1H3,(H,17,18)/t12-/m1/s1. The van der Waals surface area contributed by atoms with Gasteiger partial charge in [0.15, 0.2) is 0 Å². The zero-order chi connectivity index (χ0) is 13.4. The lowest BCUT2D eigenvalue weighted by Gasteiger charge is -2.12. The molecule has 0 aliphatic heterocycles. The number of hydrogen-bond acceptors (Lipinski definition) is 1. The van der Waals surface area contributed by atoms with E-state index in [1.165, 1.54) is 0 Å². The molecule has 5 heteroatoms. The van der Waals surface area contributed by atoms with E-state index in [1.54, 1.807) is 6.92 Å². The number of hydrogen-bond donors (Lipinski definition) is 1. The van der Waals surface area contributed by atoms with Gasteiger partial charge in [-0.1, -0.05) is 23.7 Å². The summed E-state index contributed by atoms with van der Waals surface area (Å²) in [4.78, 5) is 11.9. The number of carbonyl (C=O) groups excluding carboxylic acids is 1. The van der Waals surface area contributed by atoms with Gasteiger partial charge in [-0.2, -0.15) is 0 Å². The minimum absolute atomic E-state index is 0.0820. The van der Waals surface area contributed by atoms with Crippen LogP contribution in [0, 0.1) is 5.41 Å². The number of halogens is 3. The predicted molar refractivity (Wildman–Crippen MR) is 75.3 cm³/mol. The molecule has 1 fully saturated rings. The Labute approximate surface area is 122 Å². The van der Waals surface area contributed by atoms with Gasteiger partial charge in [0.2, 0.25) is 5.91 Å². The minimum atomic E-state index is -0.905. The molecule has 1 aromatic rings. The molecule has 2 rings (SSSR count). The summed E-state index contributed by atoms with van der Waals surface area (Å²) in [5.41, 5.74) is 0.486. The third-order valence-corrected chi connectivity index (χ3v) is 4.72. The van der Waals surface area contributed by atoms with E-state index in [9.17, 15) is 4.79 Å². The lowest BCUT2D eigenvalue weighted by Crippen LogP contribution is -2.34. The van der Waals surface area contributed by atoms with Crippen molar-refractivity contribution >= 4 is 40.7 Å². The summed E-state index contributed by atoms with van der Waals surface area (Å²) in [5, 5.41) is 3.57. The molecule has 0 aromatic heterocycles. The summed E-state index contributed by atoms with van der Waals surface area (Å²) in [5.74, 6) is -0.0820. The number of benzene rings is 1. The fourth-order valence-corrected chi connectivity index (χ4v) is 2.64. The number of rotatable bonds is 4. The highest BCUT2D eigenvalue weighted by molar-refractivity contribution is 6.53. The molecular weight excluding hydrogens is 293 g/mol. The molecule has 0 bridgehead atoms. The molecule has 1 amide bonds. The Hall–Kier alpha value is -0.440. The maximum Gasteiger partial charge on any atom is 0.229 e. The van der Waals surface area contributed by atoms with Crippen LogP contribution in [0.2, 0.25) is 5.02 Å². The number of alkyl halides is 2.